The Morgan fingerprint density at radius 2 is 2.10 bits per heavy atom. The minimum atomic E-state index is -2.68. The van der Waals surface area contributed by atoms with Crippen LogP contribution in [0.2, 0.25) is 0 Å². The van der Waals surface area contributed by atoms with Crippen LogP contribution in [-0.2, 0) is 4.74 Å². The van der Waals surface area contributed by atoms with E-state index >= 15 is 0 Å². The van der Waals surface area contributed by atoms with E-state index in [0.717, 1.165) is 5.56 Å². The van der Waals surface area contributed by atoms with Crippen molar-refractivity contribution < 1.29 is 17.9 Å². The molecule has 0 spiro atoms. The Morgan fingerprint density at radius 1 is 1.27 bits per heavy atom. The fourth-order valence-electron chi connectivity index (χ4n) is 3.88. The van der Waals surface area contributed by atoms with Crippen LogP contribution < -0.4 is 10.2 Å². The summed E-state index contributed by atoms with van der Waals surface area (Å²) in [5, 5.41) is 14.1. The molecule has 5 heterocycles. The molecular weight excluding hydrogens is 401 g/mol. The summed E-state index contributed by atoms with van der Waals surface area (Å²) >= 11 is 0. The van der Waals surface area contributed by atoms with Crippen molar-refractivity contribution in [3.05, 3.63) is 18.7 Å². The number of halogens is 3. The average molecular weight is 422 g/mol. The van der Waals surface area contributed by atoms with Gasteiger partial charge in [0.05, 0.1) is 18.8 Å². The Bertz CT molecular complexity index is 1010. The number of aromatic nitrogens is 6. The third-order valence-electron chi connectivity index (χ3n) is 5.55. The number of fused-ring (bicyclic) bond motifs is 1. The molecule has 2 fully saturated rings. The minimum absolute atomic E-state index is 0.0322. The Labute approximate surface area is 169 Å². The number of hydrogen-bond acceptors (Lipinski definition) is 7. The molecule has 2 atom stereocenters. The second-order valence-corrected chi connectivity index (χ2v) is 7.61. The summed E-state index contributed by atoms with van der Waals surface area (Å²) in [6.45, 7) is 0.831. The maximum absolute atomic E-state index is 14.1. The lowest BCUT2D eigenvalue weighted by atomic mass is 10.1. The number of alkyl halides is 3. The third kappa shape index (κ3) is 3.55. The van der Waals surface area contributed by atoms with Crippen molar-refractivity contribution in [3.63, 3.8) is 0 Å². The first kappa shape index (κ1) is 19.1. The minimum Gasteiger partial charge on any atom is -0.378 e. The lowest BCUT2D eigenvalue weighted by molar-refractivity contribution is -0.0220. The zero-order valence-electron chi connectivity index (χ0n) is 16.1. The van der Waals surface area contributed by atoms with Gasteiger partial charge < -0.3 is 15.0 Å². The number of aromatic amines is 1. The Balaban J connectivity index is 1.54. The Hall–Kier alpha value is -2.89. The Kier molecular flexibility index (Phi) is 4.72. The highest BCUT2D eigenvalue weighted by molar-refractivity contribution is 5.85. The van der Waals surface area contributed by atoms with E-state index in [1.807, 2.05) is 4.90 Å². The van der Waals surface area contributed by atoms with Gasteiger partial charge in [-0.15, -0.1) is 5.10 Å². The highest BCUT2D eigenvalue weighted by Gasteiger charge is 2.36. The smallest absolute Gasteiger partial charge is 0.251 e. The standard InChI is InChI=1S/C18H21F3N8O/c19-12-9-30-6-1-13(12)25-17-26-16-15(28-4-2-18(20,21)3-5-28)14(11-7-23-24-8-11)22-10-29(16)27-17/h7-8,10,12-13H,1-6,9H2,(H,23,24)(H,25,27). The van der Waals surface area contributed by atoms with Gasteiger partial charge in [-0.25, -0.2) is 18.2 Å². The lowest BCUT2D eigenvalue weighted by Gasteiger charge is -2.34. The quantitative estimate of drug-likeness (QED) is 0.666. The van der Waals surface area contributed by atoms with Crippen LogP contribution in [-0.4, -0.2) is 74.2 Å². The summed E-state index contributed by atoms with van der Waals surface area (Å²) in [6.07, 6.45) is 3.66. The largest absolute Gasteiger partial charge is 0.378 e. The molecule has 2 unspecified atom stereocenters. The molecule has 0 aromatic carbocycles. The molecule has 2 aliphatic rings. The molecule has 0 bridgehead atoms. The van der Waals surface area contributed by atoms with Crippen LogP contribution in [0.15, 0.2) is 18.7 Å². The van der Waals surface area contributed by atoms with Crippen LogP contribution in [0.3, 0.4) is 0 Å². The van der Waals surface area contributed by atoms with Gasteiger partial charge in [0.1, 0.15) is 23.9 Å². The molecular formula is C18H21F3N8O. The predicted molar refractivity (Wildman–Crippen MR) is 103 cm³/mol. The molecule has 0 aliphatic carbocycles. The van der Waals surface area contributed by atoms with Crippen LogP contribution in [0.5, 0.6) is 0 Å². The monoisotopic (exact) mass is 422 g/mol. The molecule has 3 aromatic rings. The van der Waals surface area contributed by atoms with Gasteiger partial charge in [0.25, 0.3) is 5.92 Å². The van der Waals surface area contributed by atoms with Crippen molar-refractivity contribution in [2.24, 2.45) is 0 Å². The van der Waals surface area contributed by atoms with Gasteiger partial charge in [0, 0.05) is 44.3 Å². The zero-order valence-corrected chi connectivity index (χ0v) is 16.1. The summed E-state index contributed by atoms with van der Waals surface area (Å²) in [6, 6.07) is -0.449. The Morgan fingerprint density at radius 3 is 2.83 bits per heavy atom. The summed E-state index contributed by atoms with van der Waals surface area (Å²) in [7, 11) is 0. The summed E-state index contributed by atoms with van der Waals surface area (Å²) in [5.74, 6) is -2.41. The molecule has 2 aliphatic heterocycles. The predicted octanol–water partition coefficient (Wildman–Crippen LogP) is 2.29. The summed E-state index contributed by atoms with van der Waals surface area (Å²) in [5.41, 5.74) is 2.38. The van der Waals surface area contributed by atoms with E-state index in [0.29, 0.717) is 30.1 Å². The number of nitrogens with zero attached hydrogens (tertiary/aromatic N) is 6. The van der Waals surface area contributed by atoms with Crippen molar-refractivity contribution in [3.8, 4) is 11.3 Å². The van der Waals surface area contributed by atoms with E-state index in [9.17, 15) is 13.2 Å². The van der Waals surface area contributed by atoms with E-state index in [1.54, 1.807) is 12.4 Å². The molecule has 0 amide bonds. The van der Waals surface area contributed by atoms with Crippen molar-refractivity contribution in [2.75, 3.05) is 36.5 Å². The molecule has 2 saturated heterocycles. The number of piperidine rings is 1. The first-order valence-corrected chi connectivity index (χ1v) is 9.86. The maximum atomic E-state index is 14.1. The van der Waals surface area contributed by atoms with E-state index in [-0.39, 0.29) is 38.5 Å². The van der Waals surface area contributed by atoms with Crippen molar-refractivity contribution >= 4 is 17.3 Å². The first-order valence-electron chi connectivity index (χ1n) is 9.86. The van der Waals surface area contributed by atoms with Crippen molar-refractivity contribution in [1.29, 1.82) is 0 Å². The number of anilines is 2. The van der Waals surface area contributed by atoms with Gasteiger partial charge in [0.15, 0.2) is 5.65 Å². The van der Waals surface area contributed by atoms with Crippen LogP contribution in [0.4, 0.5) is 24.8 Å². The lowest BCUT2D eigenvalue weighted by Crippen LogP contribution is -2.40. The molecule has 0 saturated carbocycles. The van der Waals surface area contributed by atoms with Crippen LogP contribution >= 0.6 is 0 Å². The van der Waals surface area contributed by atoms with Gasteiger partial charge in [-0.2, -0.15) is 14.6 Å². The van der Waals surface area contributed by atoms with Gasteiger partial charge in [-0.1, -0.05) is 0 Å². The van der Waals surface area contributed by atoms with Gasteiger partial charge >= 0.3 is 0 Å². The van der Waals surface area contributed by atoms with E-state index in [1.165, 1.54) is 10.8 Å². The highest BCUT2D eigenvalue weighted by atomic mass is 19.3. The molecule has 9 nitrogen and oxygen atoms in total. The van der Waals surface area contributed by atoms with Crippen LogP contribution in [0.25, 0.3) is 16.9 Å². The van der Waals surface area contributed by atoms with Crippen molar-refractivity contribution in [1.82, 2.24) is 29.8 Å². The maximum Gasteiger partial charge on any atom is 0.251 e. The number of rotatable bonds is 4. The molecule has 12 heteroatoms. The fourth-order valence-corrected chi connectivity index (χ4v) is 3.88. The highest BCUT2D eigenvalue weighted by Crippen LogP contribution is 2.37. The number of nitrogens with one attached hydrogen (secondary N) is 2. The van der Waals surface area contributed by atoms with E-state index in [2.05, 4.69) is 30.6 Å². The fraction of sp³-hybridized carbons (Fsp3) is 0.556. The molecule has 2 N–H and O–H groups in total. The molecule has 5 rings (SSSR count). The molecule has 30 heavy (non-hydrogen) atoms. The third-order valence-corrected chi connectivity index (χ3v) is 5.55. The molecule has 160 valence electrons. The number of ether oxygens (including phenoxy) is 1. The van der Waals surface area contributed by atoms with Gasteiger partial charge in [0.2, 0.25) is 5.95 Å². The summed E-state index contributed by atoms with van der Waals surface area (Å²) < 4.78 is 48.2. The van der Waals surface area contributed by atoms with E-state index < -0.39 is 18.1 Å². The van der Waals surface area contributed by atoms with E-state index in [4.69, 9.17) is 4.74 Å². The average Bonchev–Trinajstić information content (AvgIpc) is 3.39. The van der Waals surface area contributed by atoms with Gasteiger partial charge in [-0.3, -0.25) is 5.10 Å². The second kappa shape index (κ2) is 7.42. The molecule has 0 radical (unpaired) electrons. The zero-order chi connectivity index (χ0) is 20.7. The molecule has 3 aromatic heterocycles. The topological polar surface area (TPSA) is 96.3 Å². The van der Waals surface area contributed by atoms with Crippen LogP contribution in [0, 0.1) is 0 Å². The van der Waals surface area contributed by atoms with Crippen molar-refractivity contribution in [2.45, 2.75) is 37.4 Å². The first-order chi connectivity index (χ1) is 14.5. The normalized spacial score (nSPS) is 24.3. The SMILES string of the molecule is FC1COCCC1Nc1nc2c(N3CCC(F)(F)CC3)c(-c3cn[nH]c3)ncn2n1. The van der Waals surface area contributed by atoms with Gasteiger partial charge in [-0.05, 0) is 6.42 Å². The second-order valence-electron chi connectivity index (χ2n) is 7.61. The number of hydrogen-bond donors (Lipinski definition) is 2. The summed E-state index contributed by atoms with van der Waals surface area (Å²) in [4.78, 5) is 10.9. The number of H-pyrrole nitrogens is 1. The van der Waals surface area contributed by atoms with Crippen LogP contribution in [0.1, 0.15) is 19.3 Å².